The van der Waals surface area contributed by atoms with Gasteiger partial charge in [0.15, 0.2) is 0 Å². The van der Waals surface area contributed by atoms with Gasteiger partial charge in [-0.1, -0.05) is 20.8 Å². The molecule has 0 aliphatic heterocycles. The van der Waals surface area contributed by atoms with Crippen LogP contribution < -0.4 is 10.6 Å². The summed E-state index contributed by atoms with van der Waals surface area (Å²) >= 11 is 0. The maximum Gasteiger partial charge on any atom is 0.216 e. The topological polar surface area (TPSA) is 61.4 Å². The van der Waals surface area contributed by atoms with Crippen LogP contribution in [0.2, 0.25) is 0 Å². The van der Waals surface area contributed by atoms with Crippen LogP contribution >= 0.6 is 0 Å². The lowest BCUT2D eigenvalue weighted by atomic mass is 9.89. The molecule has 0 aromatic carbocycles. The Morgan fingerprint density at radius 1 is 1.33 bits per heavy atom. The van der Waals surface area contributed by atoms with Crippen LogP contribution in [0, 0.1) is 5.41 Å². The van der Waals surface area contributed by atoms with Gasteiger partial charge in [0, 0.05) is 26.6 Å². The van der Waals surface area contributed by atoms with Gasteiger partial charge in [-0.15, -0.1) is 0 Å². The Labute approximate surface area is 92.4 Å². The second-order valence-electron chi connectivity index (χ2n) is 5.11. The molecule has 15 heavy (non-hydrogen) atoms. The van der Waals surface area contributed by atoms with Gasteiger partial charge >= 0.3 is 0 Å². The summed E-state index contributed by atoms with van der Waals surface area (Å²) in [5, 5.41) is 15.4. The van der Waals surface area contributed by atoms with Crippen LogP contribution in [0.5, 0.6) is 0 Å². The highest BCUT2D eigenvalue weighted by Crippen LogP contribution is 2.20. The van der Waals surface area contributed by atoms with E-state index in [1.807, 2.05) is 0 Å². The van der Waals surface area contributed by atoms with Crippen molar-refractivity contribution in [2.24, 2.45) is 5.41 Å². The van der Waals surface area contributed by atoms with Crippen LogP contribution in [-0.2, 0) is 4.79 Å². The first-order chi connectivity index (χ1) is 6.81. The fourth-order valence-corrected chi connectivity index (χ4v) is 1.37. The number of nitrogens with one attached hydrogen (secondary N) is 2. The molecule has 0 fully saturated rings. The molecule has 1 atom stereocenters. The van der Waals surface area contributed by atoms with Gasteiger partial charge in [0.05, 0.1) is 6.10 Å². The molecule has 0 aliphatic carbocycles. The second kappa shape index (κ2) is 6.80. The van der Waals surface area contributed by atoms with Crippen molar-refractivity contribution < 1.29 is 9.90 Å². The SMILES string of the molecule is CC(=O)NCCNCC(O)CC(C)(C)C. The Morgan fingerprint density at radius 2 is 1.93 bits per heavy atom. The standard InChI is InChI=1S/C11H24N2O2/c1-9(14)13-6-5-12-8-10(15)7-11(2,3)4/h10,12,15H,5-8H2,1-4H3,(H,13,14). The highest BCUT2D eigenvalue weighted by atomic mass is 16.3. The molecule has 0 aromatic rings. The third-order valence-corrected chi connectivity index (χ3v) is 1.90. The minimum atomic E-state index is -0.317. The molecule has 4 nitrogen and oxygen atoms in total. The summed E-state index contributed by atoms with van der Waals surface area (Å²) in [6.45, 7) is 9.69. The van der Waals surface area contributed by atoms with Crippen LogP contribution in [0.1, 0.15) is 34.1 Å². The summed E-state index contributed by atoms with van der Waals surface area (Å²) in [6, 6.07) is 0. The molecule has 0 aliphatic rings. The Hall–Kier alpha value is -0.610. The van der Waals surface area contributed by atoms with Crippen molar-refractivity contribution in [3.8, 4) is 0 Å². The third kappa shape index (κ3) is 11.3. The van der Waals surface area contributed by atoms with Crippen molar-refractivity contribution in [3.63, 3.8) is 0 Å². The van der Waals surface area contributed by atoms with Crippen LogP contribution in [0.25, 0.3) is 0 Å². The van der Waals surface area contributed by atoms with Crippen LogP contribution in [0.4, 0.5) is 0 Å². The van der Waals surface area contributed by atoms with E-state index in [1.54, 1.807) is 0 Å². The number of hydrogen-bond acceptors (Lipinski definition) is 3. The van der Waals surface area contributed by atoms with Crippen molar-refractivity contribution in [2.45, 2.75) is 40.2 Å². The maximum absolute atomic E-state index is 10.5. The van der Waals surface area contributed by atoms with Gasteiger partial charge in [-0.05, 0) is 11.8 Å². The molecular formula is C11H24N2O2. The molecule has 0 spiro atoms. The number of carbonyl (C=O) groups excluding carboxylic acids is 1. The zero-order valence-electron chi connectivity index (χ0n) is 10.3. The molecule has 3 N–H and O–H groups in total. The van der Waals surface area contributed by atoms with E-state index in [4.69, 9.17) is 0 Å². The van der Waals surface area contributed by atoms with E-state index in [9.17, 15) is 9.90 Å². The lowest BCUT2D eigenvalue weighted by molar-refractivity contribution is -0.118. The summed E-state index contributed by atoms with van der Waals surface area (Å²) in [4.78, 5) is 10.5. The van der Waals surface area contributed by atoms with Crippen LogP contribution in [0.15, 0.2) is 0 Å². The van der Waals surface area contributed by atoms with Gasteiger partial charge in [-0.25, -0.2) is 0 Å². The van der Waals surface area contributed by atoms with Crippen molar-refractivity contribution in [1.29, 1.82) is 0 Å². The van der Waals surface area contributed by atoms with Gasteiger partial charge < -0.3 is 15.7 Å². The van der Waals surface area contributed by atoms with E-state index >= 15 is 0 Å². The second-order valence-corrected chi connectivity index (χ2v) is 5.11. The fraction of sp³-hybridized carbons (Fsp3) is 0.909. The lowest BCUT2D eigenvalue weighted by Crippen LogP contribution is -2.35. The average Bonchev–Trinajstić information content (AvgIpc) is 1.99. The van der Waals surface area contributed by atoms with Crippen molar-refractivity contribution in [1.82, 2.24) is 10.6 Å². The molecule has 4 heteroatoms. The number of carbonyl (C=O) groups is 1. The third-order valence-electron chi connectivity index (χ3n) is 1.90. The summed E-state index contributed by atoms with van der Waals surface area (Å²) in [5.74, 6) is -0.0213. The minimum Gasteiger partial charge on any atom is -0.392 e. The number of aliphatic hydroxyl groups excluding tert-OH is 1. The van der Waals surface area contributed by atoms with Crippen molar-refractivity contribution >= 4 is 5.91 Å². The Morgan fingerprint density at radius 3 is 2.40 bits per heavy atom. The number of rotatable bonds is 6. The van der Waals surface area contributed by atoms with Crippen molar-refractivity contribution in [2.75, 3.05) is 19.6 Å². The molecule has 1 amide bonds. The monoisotopic (exact) mass is 216 g/mol. The summed E-state index contributed by atoms with van der Waals surface area (Å²) in [7, 11) is 0. The van der Waals surface area contributed by atoms with Gasteiger partial charge in [-0.2, -0.15) is 0 Å². The zero-order valence-corrected chi connectivity index (χ0v) is 10.3. The Balaban J connectivity index is 3.39. The quantitative estimate of drug-likeness (QED) is 0.567. The van der Waals surface area contributed by atoms with E-state index in [0.717, 1.165) is 6.42 Å². The van der Waals surface area contributed by atoms with Crippen LogP contribution in [-0.4, -0.2) is 36.8 Å². The summed E-state index contributed by atoms with van der Waals surface area (Å²) in [5.41, 5.74) is 0.152. The number of amides is 1. The molecule has 0 rings (SSSR count). The van der Waals surface area contributed by atoms with Gasteiger partial charge in [0.1, 0.15) is 0 Å². The smallest absolute Gasteiger partial charge is 0.216 e. The molecule has 0 heterocycles. The first-order valence-corrected chi connectivity index (χ1v) is 5.44. The fourth-order valence-electron chi connectivity index (χ4n) is 1.37. The highest BCUT2D eigenvalue weighted by molar-refractivity contribution is 5.72. The van der Waals surface area contributed by atoms with Gasteiger partial charge in [0.2, 0.25) is 5.91 Å². The molecule has 90 valence electrons. The van der Waals surface area contributed by atoms with E-state index in [2.05, 4.69) is 31.4 Å². The normalized spacial score (nSPS) is 13.7. The van der Waals surface area contributed by atoms with Crippen molar-refractivity contribution in [3.05, 3.63) is 0 Å². The first-order valence-electron chi connectivity index (χ1n) is 5.44. The van der Waals surface area contributed by atoms with Gasteiger partial charge in [-0.3, -0.25) is 4.79 Å². The Kier molecular flexibility index (Phi) is 6.52. The molecular weight excluding hydrogens is 192 g/mol. The predicted molar refractivity (Wildman–Crippen MR) is 61.6 cm³/mol. The molecule has 0 bridgehead atoms. The Bertz CT molecular complexity index is 188. The van der Waals surface area contributed by atoms with Crippen LogP contribution in [0.3, 0.4) is 0 Å². The zero-order chi connectivity index (χ0) is 11.9. The molecule has 0 aromatic heterocycles. The molecule has 0 radical (unpaired) electrons. The van der Waals surface area contributed by atoms with Gasteiger partial charge in [0.25, 0.3) is 0 Å². The lowest BCUT2D eigenvalue weighted by Gasteiger charge is -2.22. The minimum absolute atomic E-state index is 0.0213. The molecule has 0 saturated heterocycles. The number of hydrogen-bond donors (Lipinski definition) is 3. The largest absolute Gasteiger partial charge is 0.392 e. The molecule has 1 unspecified atom stereocenters. The molecule has 0 saturated carbocycles. The highest BCUT2D eigenvalue weighted by Gasteiger charge is 2.15. The van der Waals surface area contributed by atoms with E-state index in [0.29, 0.717) is 19.6 Å². The first kappa shape index (κ1) is 14.4. The predicted octanol–water partition coefficient (Wildman–Crippen LogP) is 0.509. The average molecular weight is 216 g/mol. The number of aliphatic hydroxyl groups is 1. The van der Waals surface area contributed by atoms with E-state index < -0.39 is 0 Å². The maximum atomic E-state index is 10.5. The summed E-state index contributed by atoms with van der Waals surface area (Å²) < 4.78 is 0. The van der Waals surface area contributed by atoms with E-state index in [-0.39, 0.29) is 17.4 Å². The summed E-state index contributed by atoms with van der Waals surface area (Å²) in [6.07, 6.45) is 0.461. The van der Waals surface area contributed by atoms with E-state index in [1.165, 1.54) is 6.92 Å².